The molecule has 1 aromatic heterocycles. The molecule has 0 radical (unpaired) electrons. The van der Waals surface area contributed by atoms with Crippen molar-refractivity contribution in [1.29, 1.82) is 0 Å². The van der Waals surface area contributed by atoms with E-state index in [1.807, 2.05) is 6.20 Å². The Morgan fingerprint density at radius 1 is 1.33 bits per heavy atom. The smallest absolute Gasteiger partial charge is 0.130 e. The summed E-state index contributed by atoms with van der Waals surface area (Å²) in [4.78, 5) is 7.12. The van der Waals surface area contributed by atoms with E-state index in [1.54, 1.807) is 0 Å². The van der Waals surface area contributed by atoms with Gasteiger partial charge < -0.3 is 5.32 Å². The maximum Gasteiger partial charge on any atom is 0.130 e. The number of rotatable bonds is 6. The molecule has 0 aromatic carbocycles. The Kier molecular flexibility index (Phi) is 6.50. The van der Waals surface area contributed by atoms with E-state index >= 15 is 0 Å². The van der Waals surface area contributed by atoms with Crippen LogP contribution in [0.3, 0.4) is 0 Å². The molecule has 0 saturated carbocycles. The van der Waals surface area contributed by atoms with E-state index in [2.05, 4.69) is 48.1 Å². The van der Waals surface area contributed by atoms with Gasteiger partial charge in [0.25, 0.3) is 0 Å². The number of hydrogen-bond acceptors (Lipinski definition) is 3. The van der Waals surface area contributed by atoms with Crippen molar-refractivity contribution in [1.82, 2.24) is 9.88 Å². The molecule has 1 aliphatic heterocycles. The zero-order chi connectivity index (χ0) is 15.1. The number of nitrogens with one attached hydrogen (secondary N) is 1. The molecule has 2 heterocycles. The van der Waals surface area contributed by atoms with E-state index in [4.69, 9.17) is 0 Å². The molecule has 3 heteroatoms. The second kappa shape index (κ2) is 8.38. The van der Waals surface area contributed by atoms with E-state index in [9.17, 15) is 0 Å². The van der Waals surface area contributed by atoms with Gasteiger partial charge in [-0.2, -0.15) is 0 Å². The molecule has 1 fully saturated rings. The van der Waals surface area contributed by atoms with Crippen LogP contribution in [-0.4, -0.2) is 29.5 Å². The van der Waals surface area contributed by atoms with Gasteiger partial charge in [-0.3, -0.25) is 4.90 Å². The van der Waals surface area contributed by atoms with Gasteiger partial charge in [0, 0.05) is 24.8 Å². The maximum atomic E-state index is 4.51. The Morgan fingerprint density at radius 3 is 2.95 bits per heavy atom. The Morgan fingerprint density at radius 2 is 2.19 bits per heavy atom. The number of pyridine rings is 1. The predicted octanol–water partition coefficient (Wildman–Crippen LogP) is 4.16. The standard InChI is InChI=1S/C18H31N3/c1-4-10-19-18-17(7-5-11-20-18)14-21-12-6-8-16(9-13-21)15(2)3/h5,7,11,15-16H,4,6,8-10,12-14H2,1-3H3,(H,19,20). The highest BCUT2D eigenvalue weighted by atomic mass is 15.1. The average Bonchev–Trinajstić information content (AvgIpc) is 2.72. The second-order valence-corrected chi connectivity index (χ2v) is 6.65. The lowest BCUT2D eigenvalue weighted by Gasteiger charge is -2.22. The van der Waals surface area contributed by atoms with Gasteiger partial charge in [-0.15, -0.1) is 0 Å². The zero-order valence-corrected chi connectivity index (χ0v) is 13.9. The summed E-state index contributed by atoms with van der Waals surface area (Å²) < 4.78 is 0. The van der Waals surface area contributed by atoms with Crippen LogP contribution in [0.1, 0.15) is 52.0 Å². The number of hydrogen-bond donors (Lipinski definition) is 1. The lowest BCUT2D eigenvalue weighted by atomic mass is 9.89. The van der Waals surface area contributed by atoms with Crippen LogP contribution in [0, 0.1) is 11.8 Å². The first kappa shape index (κ1) is 16.3. The monoisotopic (exact) mass is 289 g/mol. The average molecular weight is 289 g/mol. The normalized spacial score (nSPS) is 20.5. The maximum absolute atomic E-state index is 4.51. The van der Waals surface area contributed by atoms with Crippen LogP contribution in [0.4, 0.5) is 5.82 Å². The van der Waals surface area contributed by atoms with Crippen molar-refractivity contribution in [3.05, 3.63) is 23.9 Å². The number of aromatic nitrogens is 1. The van der Waals surface area contributed by atoms with Gasteiger partial charge in [0.15, 0.2) is 0 Å². The van der Waals surface area contributed by atoms with Crippen LogP contribution in [0.15, 0.2) is 18.3 Å². The third-order valence-corrected chi connectivity index (χ3v) is 4.64. The summed E-state index contributed by atoms with van der Waals surface area (Å²) in [7, 11) is 0. The Hall–Kier alpha value is -1.09. The van der Waals surface area contributed by atoms with Crippen LogP contribution in [0.2, 0.25) is 0 Å². The van der Waals surface area contributed by atoms with Gasteiger partial charge in [0.05, 0.1) is 0 Å². The summed E-state index contributed by atoms with van der Waals surface area (Å²) in [5.74, 6) is 2.80. The Bertz CT molecular complexity index is 417. The molecule has 0 aliphatic carbocycles. The molecular weight excluding hydrogens is 258 g/mol. The summed E-state index contributed by atoms with van der Waals surface area (Å²) >= 11 is 0. The number of nitrogens with zero attached hydrogens (tertiary/aromatic N) is 2. The molecule has 118 valence electrons. The fraction of sp³-hybridized carbons (Fsp3) is 0.722. The highest BCUT2D eigenvalue weighted by molar-refractivity contribution is 5.43. The summed E-state index contributed by atoms with van der Waals surface area (Å²) in [6, 6.07) is 4.27. The summed E-state index contributed by atoms with van der Waals surface area (Å²) in [6.07, 6.45) is 7.09. The molecule has 1 aromatic rings. The zero-order valence-electron chi connectivity index (χ0n) is 13.9. The molecular formula is C18H31N3. The quantitative estimate of drug-likeness (QED) is 0.852. The van der Waals surface area contributed by atoms with Gasteiger partial charge in [-0.05, 0) is 56.7 Å². The van der Waals surface area contributed by atoms with Crippen molar-refractivity contribution in [2.24, 2.45) is 11.8 Å². The first-order valence-corrected chi connectivity index (χ1v) is 8.60. The third-order valence-electron chi connectivity index (χ3n) is 4.64. The van der Waals surface area contributed by atoms with Crippen molar-refractivity contribution in [3.63, 3.8) is 0 Å². The van der Waals surface area contributed by atoms with Crippen LogP contribution < -0.4 is 5.32 Å². The first-order valence-electron chi connectivity index (χ1n) is 8.60. The highest BCUT2D eigenvalue weighted by Crippen LogP contribution is 2.26. The molecule has 0 spiro atoms. The van der Waals surface area contributed by atoms with Gasteiger partial charge >= 0.3 is 0 Å². The number of anilines is 1. The van der Waals surface area contributed by atoms with Crippen molar-refractivity contribution in [3.8, 4) is 0 Å². The molecule has 0 amide bonds. The van der Waals surface area contributed by atoms with Gasteiger partial charge in [0.1, 0.15) is 5.82 Å². The molecule has 3 nitrogen and oxygen atoms in total. The second-order valence-electron chi connectivity index (χ2n) is 6.65. The molecule has 1 atom stereocenters. The fourth-order valence-corrected chi connectivity index (χ4v) is 3.22. The van der Waals surface area contributed by atoms with Crippen LogP contribution in [0.25, 0.3) is 0 Å². The van der Waals surface area contributed by atoms with Crippen molar-refractivity contribution < 1.29 is 0 Å². The van der Waals surface area contributed by atoms with Crippen LogP contribution in [-0.2, 0) is 6.54 Å². The van der Waals surface area contributed by atoms with Gasteiger partial charge in [-0.25, -0.2) is 4.98 Å². The van der Waals surface area contributed by atoms with E-state index in [0.29, 0.717) is 0 Å². The van der Waals surface area contributed by atoms with E-state index in [-0.39, 0.29) is 0 Å². The minimum atomic E-state index is 0.824. The molecule has 0 bridgehead atoms. The largest absolute Gasteiger partial charge is 0.370 e. The summed E-state index contributed by atoms with van der Waals surface area (Å²) in [5, 5.41) is 3.46. The molecule has 21 heavy (non-hydrogen) atoms. The minimum Gasteiger partial charge on any atom is -0.370 e. The van der Waals surface area contributed by atoms with Crippen molar-refractivity contribution in [2.45, 2.75) is 53.0 Å². The van der Waals surface area contributed by atoms with Crippen molar-refractivity contribution in [2.75, 3.05) is 25.0 Å². The van der Waals surface area contributed by atoms with E-state index in [0.717, 1.165) is 37.2 Å². The molecule has 1 aliphatic rings. The molecule has 2 rings (SSSR count). The topological polar surface area (TPSA) is 28.2 Å². The first-order chi connectivity index (χ1) is 10.2. The summed E-state index contributed by atoms with van der Waals surface area (Å²) in [5.41, 5.74) is 1.34. The van der Waals surface area contributed by atoms with Gasteiger partial charge in [-0.1, -0.05) is 26.8 Å². The van der Waals surface area contributed by atoms with Crippen LogP contribution >= 0.6 is 0 Å². The Labute approximate surface area is 130 Å². The van der Waals surface area contributed by atoms with E-state index in [1.165, 1.54) is 37.9 Å². The highest BCUT2D eigenvalue weighted by Gasteiger charge is 2.20. The van der Waals surface area contributed by atoms with E-state index < -0.39 is 0 Å². The third kappa shape index (κ3) is 4.99. The van der Waals surface area contributed by atoms with Crippen molar-refractivity contribution >= 4 is 5.82 Å². The Balaban J connectivity index is 1.95. The fourth-order valence-electron chi connectivity index (χ4n) is 3.22. The minimum absolute atomic E-state index is 0.824. The number of likely N-dealkylation sites (tertiary alicyclic amines) is 1. The predicted molar refractivity (Wildman–Crippen MR) is 90.5 cm³/mol. The van der Waals surface area contributed by atoms with Gasteiger partial charge in [0.2, 0.25) is 0 Å². The summed E-state index contributed by atoms with van der Waals surface area (Å²) in [6.45, 7) is 11.4. The SMILES string of the molecule is CCCNc1ncccc1CN1CCCC(C(C)C)CC1. The molecule has 1 saturated heterocycles. The lowest BCUT2D eigenvalue weighted by Crippen LogP contribution is -2.25. The van der Waals surface area contributed by atoms with Crippen LogP contribution in [0.5, 0.6) is 0 Å². The lowest BCUT2D eigenvalue weighted by molar-refractivity contribution is 0.265. The molecule has 1 N–H and O–H groups in total. The molecule has 1 unspecified atom stereocenters.